The van der Waals surface area contributed by atoms with Crippen LogP contribution in [0.5, 0.6) is 5.75 Å². The number of nitrogens with one attached hydrogen (secondary N) is 1. The maximum Gasteiger partial charge on any atom is 0.156 e. The van der Waals surface area contributed by atoms with E-state index in [9.17, 15) is 0 Å². The molecule has 0 fully saturated rings. The Labute approximate surface area is 112 Å². The van der Waals surface area contributed by atoms with E-state index in [-0.39, 0.29) is 12.6 Å². The van der Waals surface area contributed by atoms with Crippen molar-refractivity contribution in [2.45, 2.75) is 25.9 Å². The summed E-state index contributed by atoms with van der Waals surface area (Å²) in [5.41, 5.74) is 0.965. The summed E-state index contributed by atoms with van der Waals surface area (Å²) in [6.45, 7) is 2.75. The fourth-order valence-electron chi connectivity index (χ4n) is 1.51. The SMILES string of the molecule is CC[C@@H](CO)NCc1cc(Cl)c(OC)c(Cl)c1. The molecule has 3 nitrogen and oxygen atoms in total. The first-order valence-electron chi connectivity index (χ1n) is 5.48. The molecule has 2 N–H and O–H groups in total. The summed E-state index contributed by atoms with van der Waals surface area (Å²) in [7, 11) is 1.53. The van der Waals surface area contributed by atoms with Crippen LogP contribution in [0.1, 0.15) is 18.9 Å². The zero-order valence-electron chi connectivity index (χ0n) is 9.96. The lowest BCUT2D eigenvalue weighted by Crippen LogP contribution is -2.31. The van der Waals surface area contributed by atoms with Crippen molar-refractivity contribution in [3.05, 3.63) is 27.7 Å². The van der Waals surface area contributed by atoms with Crippen LogP contribution in [0.3, 0.4) is 0 Å². The van der Waals surface area contributed by atoms with Crippen molar-refractivity contribution in [2.75, 3.05) is 13.7 Å². The van der Waals surface area contributed by atoms with Crippen LogP contribution in [0.4, 0.5) is 0 Å². The molecule has 0 aliphatic heterocycles. The van der Waals surface area contributed by atoms with Crippen molar-refractivity contribution in [3.63, 3.8) is 0 Å². The van der Waals surface area contributed by atoms with Crippen molar-refractivity contribution in [1.82, 2.24) is 5.32 Å². The van der Waals surface area contributed by atoms with Crippen LogP contribution >= 0.6 is 23.2 Å². The molecule has 0 amide bonds. The Hall–Kier alpha value is -0.480. The van der Waals surface area contributed by atoms with Gasteiger partial charge in [-0.3, -0.25) is 0 Å². The second-order valence-corrected chi connectivity index (χ2v) is 4.58. The van der Waals surface area contributed by atoms with Crippen molar-refractivity contribution >= 4 is 23.2 Å². The molecule has 0 heterocycles. The fourth-order valence-corrected chi connectivity index (χ4v) is 2.20. The lowest BCUT2D eigenvalue weighted by atomic mass is 10.2. The molecule has 0 aliphatic carbocycles. The largest absolute Gasteiger partial charge is 0.494 e. The quantitative estimate of drug-likeness (QED) is 0.840. The molecule has 0 bridgehead atoms. The predicted molar refractivity (Wildman–Crippen MR) is 71.0 cm³/mol. The molecule has 0 aliphatic rings. The molecule has 1 rings (SSSR count). The highest BCUT2D eigenvalue weighted by molar-refractivity contribution is 6.37. The second kappa shape index (κ2) is 7.07. The molecule has 0 aromatic heterocycles. The van der Waals surface area contributed by atoms with Crippen LogP contribution in [0, 0.1) is 0 Å². The standard InChI is InChI=1S/C12H17Cl2NO2/c1-3-9(7-16)15-6-8-4-10(13)12(17-2)11(14)5-8/h4-5,9,15-16H,3,6-7H2,1-2H3/t9-/m0/s1. The molecule has 0 spiro atoms. The maximum atomic E-state index is 9.06. The molecule has 1 atom stereocenters. The molecular formula is C12H17Cl2NO2. The van der Waals surface area contributed by atoms with Gasteiger partial charge < -0.3 is 15.2 Å². The molecule has 0 radical (unpaired) electrons. The number of aliphatic hydroxyl groups is 1. The molecule has 96 valence electrons. The molecule has 0 saturated heterocycles. The number of hydrogen-bond acceptors (Lipinski definition) is 3. The van der Waals surface area contributed by atoms with Crippen LogP contribution in [0.15, 0.2) is 12.1 Å². The van der Waals surface area contributed by atoms with E-state index in [0.29, 0.717) is 22.3 Å². The Morgan fingerprint density at radius 2 is 1.94 bits per heavy atom. The minimum Gasteiger partial charge on any atom is -0.494 e. The minimum absolute atomic E-state index is 0.0923. The van der Waals surface area contributed by atoms with Gasteiger partial charge in [0.2, 0.25) is 0 Å². The number of rotatable bonds is 6. The summed E-state index contributed by atoms with van der Waals surface area (Å²) in [6, 6.07) is 3.71. The van der Waals surface area contributed by atoms with E-state index in [1.807, 2.05) is 19.1 Å². The Bertz CT molecular complexity index is 345. The average Bonchev–Trinajstić information content (AvgIpc) is 2.30. The monoisotopic (exact) mass is 277 g/mol. The number of methoxy groups -OCH3 is 1. The smallest absolute Gasteiger partial charge is 0.156 e. The molecule has 1 aromatic carbocycles. The average molecular weight is 278 g/mol. The van der Waals surface area contributed by atoms with Crippen LogP contribution in [0.2, 0.25) is 10.0 Å². The predicted octanol–water partition coefficient (Wildman–Crippen LogP) is 2.86. The molecule has 0 unspecified atom stereocenters. The van der Waals surface area contributed by atoms with Gasteiger partial charge in [-0.15, -0.1) is 0 Å². The Morgan fingerprint density at radius 1 is 1.35 bits per heavy atom. The zero-order valence-corrected chi connectivity index (χ0v) is 11.5. The lowest BCUT2D eigenvalue weighted by molar-refractivity contribution is 0.238. The molecule has 0 saturated carbocycles. The summed E-state index contributed by atoms with van der Waals surface area (Å²) in [5, 5.41) is 13.3. The fraction of sp³-hybridized carbons (Fsp3) is 0.500. The van der Waals surface area contributed by atoms with Gasteiger partial charge >= 0.3 is 0 Å². The van der Waals surface area contributed by atoms with E-state index in [0.717, 1.165) is 12.0 Å². The van der Waals surface area contributed by atoms with Crippen LogP contribution in [-0.4, -0.2) is 24.9 Å². The van der Waals surface area contributed by atoms with E-state index in [1.54, 1.807) is 0 Å². The van der Waals surface area contributed by atoms with Crippen LogP contribution < -0.4 is 10.1 Å². The number of halogens is 2. The van der Waals surface area contributed by atoms with Gasteiger partial charge in [0.1, 0.15) is 0 Å². The van der Waals surface area contributed by atoms with Gasteiger partial charge in [-0.2, -0.15) is 0 Å². The highest BCUT2D eigenvalue weighted by Gasteiger charge is 2.09. The normalized spacial score (nSPS) is 12.5. The van der Waals surface area contributed by atoms with E-state index in [1.165, 1.54) is 7.11 Å². The van der Waals surface area contributed by atoms with E-state index in [2.05, 4.69) is 5.32 Å². The third-order valence-corrected chi connectivity index (χ3v) is 3.13. The molecule has 1 aromatic rings. The van der Waals surface area contributed by atoms with Crippen molar-refractivity contribution in [3.8, 4) is 5.75 Å². The van der Waals surface area contributed by atoms with Gasteiger partial charge in [-0.25, -0.2) is 0 Å². The summed E-state index contributed by atoms with van der Waals surface area (Å²) in [6.07, 6.45) is 0.869. The summed E-state index contributed by atoms with van der Waals surface area (Å²) < 4.78 is 5.07. The third kappa shape index (κ3) is 4.03. The highest BCUT2D eigenvalue weighted by atomic mass is 35.5. The van der Waals surface area contributed by atoms with Crippen molar-refractivity contribution in [1.29, 1.82) is 0 Å². The molecule has 17 heavy (non-hydrogen) atoms. The first-order chi connectivity index (χ1) is 8.12. The molecule has 5 heteroatoms. The van der Waals surface area contributed by atoms with E-state index >= 15 is 0 Å². The van der Waals surface area contributed by atoms with Crippen molar-refractivity contribution in [2.24, 2.45) is 0 Å². The van der Waals surface area contributed by atoms with Crippen LogP contribution in [-0.2, 0) is 6.54 Å². The first kappa shape index (κ1) is 14.6. The summed E-state index contributed by atoms with van der Waals surface area (Å²) >= 11 is 12.1. The minimum atomic E-state index is 0.0923. The highest BCUT2D eigenvalue weighted by Crippen LogP contribution is 2.33. The second-order valence-electron chi connectivity index (χ2n) is 3.76. The number of ether oxygens (including phenoxy) is 1. The lowest BCUT2D eigenvalue weighted by Gasteiger charge is -2.15. The third-order valence-electron chi connectivity index (χ3n) is 2.57. The number of aliphatic hydroxyl groups excluding tert-OH is 1. The Morgan fingerprint density at radius 3 is 2.35 bits per heavy atom. The topological polar surface area (TPSA) is 41.5 Å². The van der Waals surface area contributed by atoms with Gasteiger partial charge in [0, 0.05) is 12.6 Å². The van der Waals surface area contributed by atoms with E-state index in [4.69, 9.17) is 33.0 Å². The van der Waals surface area contributed by atoms with Crippen molar-refractivity contribution < 1.29 is 9.84 Å². The summed E-state index contributed by atoms with van der Waals surface area (Å²) in [4.78, 5) is 0. The van der Waals surface area contributed by atoms with Gasteiger partial charge in [-0.1, -0.05) is 30.1 Å². The molecular weight excluding hydrogens is 261 g/mol. The first-order valence-corrected chi connectivity index (χ1v) is 6.24. The number of benzene rings is 1. The van der Waals surface area contributed by atoms with Gasteiger partial charge in [0.15, 0.2) is 5.75 Å². The van der Waals surface area contributed by atoms with Gasteiger partial charge in [0.05, 0.1) is 23.8 Å². The maximum absolute atomic E-state index is 9.06. The summed E-state index contributed by atoms with van der Waals surface area (Å²) in [5.74, 6) is 0.492. The zero-order chi connectivity index (χ0) is 12.8. The Kier molecular flexibility index (Phi) is 6.06. The van der Waals surface area contributed by atoms with Gasteiger partial charge in [-0.05, 0) is 24.1 Å². The Balaban J connectivity index is 2.73. The van der Waals surface area contributed by atoms with Crippen LogP contribution in [0.25, 0.3) is 0 Å². The van der Waals surface area contributed by atoms with E-state index < -0.39 is 0 Å². The van der Waals surface area contributed by atoms with Gasteiger partial charge in [0.25, 0.3) is 0 Å². The number of hydrogen-bond donors (Lipinski definition) is 2.